The van der Waals surface area contributed by atoms with Crippen LogP contribution in [0.2, 0.25) is 0 Å². The molecule has 1 aliphatic rings. The molecule has 0 spiro atoms. The molecule has 0 bridgehead atoms. The summed E-state index contributed by atoms with van der Waals surface area (Å²) in [5, 5.41) is 11.8. The molecule has 1 fully saturated rings. The molecule has 2 rings (SSSR count). The summed E-state index contributed by atoms with van der Waals surface area (Å²) in [6, 6.07) is 0.806. The predicted octanol–water partition coefficient (Wildman–Crippen LogP) is 3.39. The number of nitrogens with one attached hydrogen (secondary N) is 1. The Morgan fingerprint density at radius 2 is 1.95 bits per heavy atom. The van der Waals surface area contributed by atoms with E-state index in [9.17, 15) is 0 Å². The quantitative estimate of drug-likeness (QED) is 0.902. The van der Waals surface area contributed by atoms with Gasteiger partial charge in [-0.1, -0.05) is 32.8 Å². The second-order valence-corrected chi connectivity index (χ2v) is 7.23. The third kappa shape index (κ3) is 4.19. The van der Waals surface area contributed by atoms with Gasteiger partial charge >= 0.3 is 6.01 Å². The number of rotatable bonds is 5. The normalized spacial score (nSPS) is 19.0. The zero-order valence-corrected chi connectivity index (χ0v) is 14.1. The monoisotopic (exact) mass is 294 g/mol. The van der Waals surface area contributed by atoms with E-state index >= 15 is 0 Å². The molecular weight excluding hydrogens is 264 g/mol. The van der Waals surface area contributed by atoms with Gasteiger partial charge in [-0.3, -0.25) is 0 Å². The third-order valence-electron chi connectivity index (χ3n) is 4.49. The van der Waals surface area contributed by atoms with Crippen molar-refractivity contribution in [3.8, 4) is 0 Å². The molecule has 1 aromatic rings. The van der Waals surface area contributed by atoms with Gasteiger partial charge in [-0.15, -0.1) is 5.10 Å². The van der Waals surface area contributed by atoms with Crippen LogP contribution in [0.1, 0.15) is 65.8 Å². The van der Waals surface area contributed by atoms with Crippen molar-refractivity contribution < 1.29 is 4.42 Å². The smallest absolute Gasteiger partial charge is 0.318 e. The Kier molecular flexibility index (Phi) is 5.25. The summed E-state index contributed by atoms with van der Waals surface area (Å²) in [5.41, 5.74) is 0.394. The van der Waals surface area contributed by atoms with Crippen molar-refractivity contribution in [2.45, 2.75) is 59.9 Å². The van der Waals surface area contributed by atoms with E-state index in [-0.39, 0.29) is 6.04 Å². The lowest BCUT2D eigenvalue weighted by Crippen LogP contribution is -2.38. The molecule has 1 aliphatic heterocycles. The van der Waals surface area contributed by atoms with Gasteiger partial charge in [0.15, 0.2) is 0 Å². The average Bonchev–Trinajstić information content (AvgIpc) is 2.94. The van der Waals surface area contributed by atoms with Gasteiger partial charge in [0.1, 0.15) is 0 Å². The maximum atomic E-state index is 5.84. The fourth-order valence-electron chi connectivity index (χ4n) is 2.91. The van der Waals surface area contributed by atoms with Gasteiger partial charge in [-0.05, 0) is 44.1 Å². The highest BCUT2D eigenvalue weighted by molar-refractivity contribution is 5.25. The first-order valence-electron chi connectivity index (χ1n) is 8.23. The minimum absolute atomic E-state index is 0.123. The summed E-state index contributed by atoms with van der Waals surface area (Å²) < 4.78 is 5.84. The van der Waals surface area contributed by atoms with E-state index in [4.69, 9.17) is 4.42 Å². The molecule has 0 saturated carbocycles. The van der Waals surface area contributed by atoms with E-state index in [1.54, 1.807) is 0 Å². The number of nitrogens with zero attached hydrogens (tertiary/aromatic N) is 3. The van der Waals surface area contributed by atoms with Crippen molar-refractivity contribution in [3.63, 3.8) is 0 Å². The Balaban J connectivity index is 1.91. The summed E-state index contributed by atoms with van der Waals surface area (Å²) in [6.07, 6.45) is 3.50. The van der Waals surface area contributed by atoms with E-state index in [0.717, 1.165) is 32.0 Å². The van der Waals surface area contributed by atoms with Gasteiger partial charge in [-0.25, -0.2) is 0 Å². The molecule has 1 unspecified atom stereocenters. The van der Waals surface area contributed by atoms with E-state index in [1.165, 1.54) is 12.8 Å². The largest absolute Gasteiger partial charge is 0.406 e. The lowest BCUT2D eigenvalue weighted by atomic mass is 9.75. The van der Waals surface area contributed by atoms with Crippen LogP contribution in [0.3, 0.4) is 0 Å². The second kappa shape index (κ2) is 6.77. The molecule has 1 atom stereocenters. The molecule has 1 N–H and O–H groups in total. The maximum absolute atomic E-state index is 5.84. The minimum Gasteiger partial charge on any atom is -0.406 e. The molecule has 120 valence electrons. The predicted molar refractivity (Wildman–Crippen MR) is 85.4 cm³/mol. The molecule has 5 heteroatoms. The van der Waals surface area contributed by atoms with Gasteiger partial charge in [-0.2, -0.15) is 0 Å². The molecule has 5 nitrogen and oxygen atoms in total. The number of piperidine rings is 1. The third-order valence-corrected chi connectivity index (χ3v) is 4.49. The van der Waals surface area contributed by atoms with Gasteiger partial charge in [0, 0.05) is 13.1 Å². The molecule has 1 aromatic heterocycles. The Morgan fingerprint density at radius 1 is 1.29 bits per heavy atom. The van der Waals surface area contributed by atoms with Crippen LogP contribution < -0.4 is 10.2 Å². The Bertz CT molecular complexity index is 430. The molecule has 0 aromatic carbocycles. The van der Waals surface area contributed by atoms with E-state index in [0.29, 0.717) is 17.3 Å². The SMILES string of the molecule is CCCNC(C)c1nnc(N2CCC(C(C)(C)C)CC2)o1. The number of hydrogen-bond donors (Lipinski definition) is 1. The Morgan fingerprint density at radius 3 is 2.52 bits per heavy atom. The molecular formula is C16H30N4O. The lowest BCUT2D eigenvalue weighted by Gasteiger charge is -2.38. The highest BCUT2D eigenvalue weighted by Crippen LogP contribution is 2.35. The van der Waals surface area contributed by atoms with Crippen LogP contribution in [-0.4, -0.2) is 29.8 Å². The van der Waals surface area contributed by atoms with Crippen LogP contribution >= 0.6 is 0 Å². The molecule has 2 heterocycles. The van der Waals surface area contributed by atoms with Crippen molar-refractivity contribution in [2.75, 3.05) is 24.5 Å². The fourth-order valence-corrected chi connectivity index (χ4v) is 2.91. The summed E-state index contributed by atoms with van der Waals surface area (Å²) >= 11 is 0. The van der Waals surface area contributed by atoms with Crippen LogP contribution in [0.15, 0.2) is 4.42 Å². The number of anilines is 1. The average molecular weight is 294 g/mol. The number of aromatic nitrogens is 2. The minimum atomic E-state index is 0.123. The maximum Gasteiger partial charge on any atom is 0.318 e. The summed E-state index contributed by atoms with van der Waals surface area (Å²) in [4.78, 5) is 2.23. The highest BCUT2D eigenvalue weighted by Gasteiger charge is 2.30. The molecule has 0 aliphatic carbocycles. The summed E-state index contributed by atoms with van der Waals surface area (Å²) in [7, 11) is 0. The van der Waals surface area contributed by atoms with Crippen molar-refractivity contribution in [1.82, 2.24) is 15.5 Å². The van der Waals surface area contributed by atoms with Crippen LogP contribution in [0.4, 0.5) is 6.01 Å². The zero-order valence-electron chi connectivity index (χ0n) is 14.1. The van der Waals surface area contributed by atoms with Gasteiger partial charge < -0.3 is 14.6 Å². The topological polar surface area (TPSA) is 54.2 Å². The molecule has 0 radical (unpaired) electrons. The van der Waals surface area contributed by atoms with E-state index in [1.807, 2.05) is 0 Å². The van der Waals surface area contributed by atoms with Gasteiger partial charge in [0.25, 0.3) is 0 Å². The molecule has 1 saturated heterocycles. The van der Waals surface area contributed by atoms with Gasteiger partial charge in [0.2, 0.25) is 5.89 Å². The zero-order chi connectivity index (χ0) is 15.5. The summed E-state index contributed by atoms with van der Waals surface area (Å²) in [6.45, 7) is 14.2. The first-order chi connectivity index (χ1) is 9.91. The second-order valence-electron chi connectivity index (χ2n) is 7.23. The van der Waals surface area contributed by atoms with E-state index in [2.05, 4.69) is 55.0 Å². The lowest BCUT2D eigenvalue weighted by molar-refractivity contribution is 0.196. The van der Waals surface area contributed by atoms with Gasteiger partial charge in [0.05, 0.1) is 6.04 Å². The standard InChI is InChI=1S/C16H30N4O/c1-6-9-17-12(2)14-18-19-15(21-14)20-10-7-13(8-11-20)16(3,4)5/h12-13,17H,6-11H2,1-5H3. The molecule has 21 heavy (non-hydrogen) atoms. The van der Waals surface area contributed by atoms with E-state index < -0.39 is 0 Å². The van der Waals surface area contributed by atoms with Crippen LogP contribution in [0, 0.1) is 11.3 Å². The van der Waals surface area contributed by atoms with Crippen LogP contribution in [0.25, 0.3) is 0 Å². The van der Waals surface area contributed by atoms with Crippen LogP contribution in [-0.2, 0) is 0 Å². The highest BCUT2D eigenvalue weighted by atomic mass is 16.4. The van der Waals surface area contributed by atoms with Crippen molar-refractivity contribution >= 4 is 6.01 Å². The number of hydrogen-bond acceptors (Lipinski definition) is 5. The first-order valence-corrected chi connectivity index (χ1v) is 8.23. The van der Waals surface area contributed by atoms with Crippen molar-refractivity contribution in [1.29, 1.82) is 0 Å². The van der Waals surface area contributed by atoms with Crippen LogP contribution in [0.5, 0.6) is 0 Å². The summed E-state index contributed by atoms with van der Waals surface area (Å²) in [5.74, 6) is 1.47. The fraction of sp³-hybridized carbons (Fsp3) is 0.875. The first kappa shape index (κ1) is 16.3. The van der Waals surface area contributed by atoms with Crippen molar-refractivity contribution in [3.05, 3.63) is 5.89 Å². The Hall–Kier alpha value is -1.10. The Labute approximate surface area is 128 Å². The molecule has 0 amide bonds. The van der Waals surface area contributed by atoms with Crippen molar-refractivity contribution in [2.24, 2.45) is 11.3 Å².